The average molecular weight is 454 g/mol. The maximum atomic E-state index is 12.7. The van der Waals surface area contributed by atoms with E-state index in [1.165, 1.54) is 30.4 Å². The molecule has 0 N–H and O–H groups in total. The molecule has 0 aliphatic carbocycles. The normalized spacial score (nSPS) is 11.1. The zero-order chi connectivity index (χ0) is 22.3. The minimum absolute atomic E-state index is 0.0265. The number of Topliss-reactive ketones (excluding diaryl/α,β-unsaturated/α-hetero) is 1. The fourth-order valence-electron chi connectivity index (χ4n) is 3.46. The monoisotopic (exact) mass is 453 g/mol. The highest BCUT2D eigenvalue weighted by Crippen LogP contribution is 2.37. The molecule has 0 spiro atoms. The number of nitro benzene ring substituents is 1. The maximum Gasteiger partial charge on any atom is 0.340 e. The second-order valence-electron chi connectivity index (χ2n) is 7.15. The van der Waals surface area contributed by atoms with Gasteiger partial charge in [0.05, 0.1) is 14.8 Å². The van der Waals surface area contributed by atoms with Gasteiger partial charge in [0, 0.05) is 39.9 Å². The molecule has 0 aliphatic heterocycles. The predicted molar refractivity (Wildman–Crippen MR) is 121 cm³/mol. The number of hydrogen-bond acceptors (Lipinski definition) is 6. The molecule has 156 valence electrons. The lowest BCUT2D eigenvalue weighted by Gasteiger charge is -2.10. The molecule has 0 unspecified atom stereocenters. The summed E-state index contributed by atoms with van der Waals surface area (Å²) in [5, 5.41) is 12.2. The number of carbonyl (C=O) groups excluding carboxylic acids is 1. The van der Waals surface area contributed by atoms with Crippen molar-refractivity contribution in [2.75, 3.05) is 0 Å². The van der Waals surface area contributed by atoms with Crippen LogP contribution >= 0.6 is 22.9 Å². The molecule has 4 rings (SSSR count). The Kier molecular flexibility index (Phi) is 5.47. The van der Waals surface area contributed by atoms with Crippen LogP contribution in [0.15, 0.2) is 57.7 Å². The Balaban J connectivity index is 1.80. The van der Waals surface area contributed by atoms with Crippen LogP contribution in [-0.2, 0) is 6.42 Å². The summed E-state index contributed by atoms with van der Waals surface area (Å²) < 4.78 is 5.58. The first-order valence-corrected chi connectivity index (χ1v) is 10.5. The number of non-ortho nitro benzene ring substituents is 1. The van der Waals surface area contributed by atoms with Crippen LogP contribution in [-0.4, -0.2) is 10.7 Å². The van der Waals surface area contributed by atoms with Crippen LogP contribution in [0.3, 0.4) is 0 Å². The van der Waals surface area contributed by atoms with Gasteiger partial charge in [-0.25, -0.2) is 4.79 Å². The predicted octanol–water partition coefficient (Wildman–Crippen LogP) is 6.18. The Morgan fingerprint density at radius 3 is 2.65 bits per heavy atom. The third-order valence-corrected chi connectivity index (χ3v) is 6.63. The van der Waals surface area contributed by atoms with E-state index in [1.807, 2.05) is 6.07 Å². The standard InChI is InChI=1S/C23H16ClNO5S/c1-12-16-10-19(24)18(22-7-6-21(31-22)13(2)26)11-20(16)30-23(27)17(12)9-14-4-3-5-15(8-14)25(28)29/h3-8,10-11H,9H2,1-2H3. The Morgan fingerprint density at radius 1 is 1.19 bits per heavy atom. The number of ketones is 1. The van der Waals surface area contributed by atoms with E-state index >= 15 is 0 Å². The van der Waals surface area contributed by atoms with Gasteiger partial charge in [0.25, 0.3) is 5.69 Å². The number of thiophene rings is 1. The number of aryl methyl sites for hydroxylation is 1. The van der Waals surface area contributed by atoms with Gasteiger partial charge in [0.1, 0.15) is 5.58 Å². The van der Waals surface area contributed by atoms with Gasteiger partial charge in [-0.15, -0.1) is 11.3 Å². The van der Waals surface area contributed by atoms with Gasteiger partial charge < -0.3 is 4.42 Å². The first-order valence-electron chi connectivity index (χ1n) is 9.35. The van der Waals surface area contributed by atoms with E-state index in [0.29, 0.717) is 43.1 Å². The van der Waals surface area contributed by atoms with Crippen molar-refractivity contribution in [3.05, 3.63) is 95.7 Å². The fraction of sp³-hybridized carbons (Fsp3) is 0.130. The molecule has 4 aromatic rings. The van der Waals surface area contributed by atoms with Crippen LogP contribution in [0.1, 0.15) is 33.3 Å². The lowest BCUT2D eigenvalue weighted by Crippen LogP contribution is -2.11. The smallest absolute Gasteiger partial charge is 0.340 e. The molecule has 0 atom stereocenters. The van der Waals surface area contributed by atoms with Crippen molar-refractivity contribution in [2.24, 2.45) is 0 Å². The number of fused-ring (bicyclic) bond motifs is 1. The quantitative estimate of drug-likeness (QED) is 0.155. The van der Waals surface area contributed by atoms with Crippen molar-refractivity contribution in [3.8, 4) is 10.4 Å². The molecular weight excluding hydrogens is 438 g/mol. The van der Waals surface area contributed by atoms with Gasteiger partial charge >= 0.3 is 5.63 Å². The largest absolute Gasteiger partial charge is 0.422 e. The lowest BCUT2D eigenvalue weighted by atomic mass is 9.98. The molecule has 0 saturated heterocycles. The molecule has 0 saturated carbocycles. The van der Waals surface area contributed by atoms with E-state index in [1.54, 1.807) is 37.3 Å². The summed E-state index contributed by atoms with van der Waals surface area (Å²) in [6, 6.07) is 13.2. The molecule has 2 aromatic heterocycles. The zero-order valence-electron chi connectivity index (χ0n) is 16.6. The first kappa shape index (κ1) is 21.0. The Bertz CT molecular complexity index is 1420. The molecule has 0 fully saturated rings. The van der Waals surface area contributed by atoms with Crippen LogP contribution in [0, 0.1) is 17.0 Å². The van der Waals surface area contributed by atoms with Crippen molar-refractivity contribution in [2.45, 2.75) is 20.3 Å². The fourth-order valence-corrected chi connectivity index (χ4v) is 4.71. The number of benzene rings is 2. The van der Waals surface area contributed by atoms with Crippen molar-refractivity contribution in [3.63, 3.8) is 0 Å². The molecule has 31 heavy (non-hydrogen) atoms. The molecule has 0 radical (unpaired) electrons. The van der Waals surface area contributed by atoms with E-state index in [2.05, 4.69) is 0 Å². The second-order valence-corrected chi connectivity index (χ2v) is 8.64. The van der Waals surface area contributed by atoms with Crippen LogP contribution in [0.25, 0.3) is 21.4 Å². The van der Waals surface area contributed by atoms with Crippen molar-refractivity contribution in [1.29, 1.82) is 0 Å². The van der Waals surface area contributed by atoms with Gasteiger partial charge in [-0.2, -0.15) is 0 Å². The highest BCUT2D eigenvalue weighted by molar-refractivity contribution is 7.17. The number of nitrogens with zero attached hydrogens (tertiary/aromatic N) is 1. The Labute approximate surface area is 185 Å². The third-order valence-electron chi connectivity index (χ3n) is 5.10. The van der Waals surface area contributed by atoms with Crippen LogP contribution in [0.5, 0.6) is 0 Å². The van der Waals surface area contributed by atoms with Crippen LogP contribution in [0.4, 0.5) is 5.69 Å². The second kappa shape index (κ2) is 8.09. The topological polar surface area (TPSA) is 90.4 Å². The van der Waals surface area contributed by atoms with E-state index < -0.39 is 10.5 Å². The SMILES string of the molecule is CC(=O)c1ccc(-c2cc3oc(=O)c(Cc4cccc([N+](=O)[O-])c4)c(C)c3cc2Cl)s1. The minimum Gasteiger partial charge on any atom is -0.422 e. The summed E-state index contributed by atoms with van der Waals surface area (Å²) in [4.78, 5) is 36.3. The lowest BCUT2D eigenvalue weighted by molar-refractivity contribution is -0.384. The molecular formula is C23H16ClNO5S. The van der Waals surface area contributed by atoms with E-state index in [0.717, 1.165) is 4.88 Å². The van der Waals surface area contributed by atoms with Crippen LogP contribution in [0.2, 0.25) is 5.02 Å². The third kappa shape index (κ3) is 4.02. The Morgan fingerprint density at radius 2 is 1.97 bits per heavy atom. The summed E-state index contributed by atoms with van der Waals surface area (Å²) >= 11 is 7.86. The number of hydrogen-bond donors (Lipinski definition) is 0. The van der Waals surface area contributed by atoms with E-state index in [4.69, 9.17) is 16.0 Å². The van der Waals surface area contributed by atoms with Gasteiger partial charge in [-0.1, -0.05) is 23.7 Å². The number of carbonyl (C=O) groups is 1. The van der Waals surface area contributed by atoms with Gasteiger partial charge in [0.2, 0.25) is 0 Å². The molecule has 0 bridgehead atoms. The summed E-state index contributed by atoms with van der Waals surface area (Å²) in [6.07, 6.45) is 0.206. The summed E-state index contributed by atoms with van der Waals surface area (Å²) in [5.41, 5.74) is 2.31. The Hall–Kier alpha value is -3.29. The highest BCUT2D eigenvalue weighted by atomic mass is 35.5. The number of rotatable bonds is 5. The number of halogens is 1. The van der Waals surface area contributed by atoms with Crippen molar-refractivity contribution < 1.29 is 14.1 Å². The molecule has 2 heterocycles. The van der Waals surface area contributed by atoms with Gasteiger partial charge in [-0.05, 0) is 49.2 Å². The highest BCUT2D eigenvalue weighted by Gasteiger charge is 2.17. The van der Waals surface area contributed by atoms with Crippen molar-refractivity contribution >= 4 is 45.4 Å². The maximum absolute atomic E-state index is 12.7. The van der Waals surface area contributed by atoms with E-state index in [-0.39, 0.29) is 17.9 Å². The summed E-state index contributed by atoms with van der Waals surface area (Å²) in [6.45, 7) is 3.31. The molecule has 0 aliphatic rings. The molecule has 0 amide bonds. The molecule has 2 aromatic carbocycles. The summed E-state index contributed by atoms with van der Waals surface area (Å²) in [5.74, 6) is -0.0265. The zero-order valence-corrected chi connectivity index (χ0v) is 18.2. The number of nitro groups is 1. The molecule has 6 nitrogen and oxygen atoms in total. The van der Waals surface area contributed by atoms with Gasteiger partial charge in [-0.3, -0.25) is 14.9 Å². The molecule has 8 heteroatoms. The summed E-state index contributed by atoms with van der Waals surface area (Å²) in [7, 11) is 0. The van der Waals surface area contributed by atoms with Gasteiger partial charge in [0.15, 0.2) is 5.78 Å². The minimum atomic E-state index is -0.500. The average Bonchev–Trinajstić information content (AvgIpc) is 3.22. The van der Waals surface area contributed by atoms with Crippen molar-refractivity contribution in [1.82, 2.24) is 0 Å². The van der Waals surface area contributed by atoms with E-state index in [9.17, 15) is 19.7 Å². The first-order chi connectivity index (χ1) is 14.7. The van der Waals surface area contributed by atoms with Crippen LogP contribution < -0.4 is 5.63 Å².